The lowest BCUT2D eigenvalue weighted by Gasteiger charge is -2.36. The van der Waals surface area contributed by atoms with Crippen molar-refractivity contribution in [3.63, 3.8) is 0 Å². The Morgan fingerprint density at radius 1 is 0.857 bits per heavy atom. The van der Waals surface area contributed by atoms with Crippen molar-refractivity contribution in [2.24, 2.45) is 0 Å². The van der Waals surface area contributed by atoms with E-state index >= 15 is 0 Å². The van der Waals surface area contributed by atoms with Gasteiger partial charge in [0, 0.05) is 43.0 Å². The number of rotatable bonds is 11. The monoisotopic (exact) mass is 608 g/mol. The molecule has 4 rings (SSSR count). The van der Waals surface area contributed by atoms with Gasteiger partial charge in [-0.3, -0.25) is 14.9 Å². The van der Waals surface area contributed by atoms with E-state index in [1.807, 2.05) is 47.4 Å². The van der Waals surface area contributed by atoms with Crippen LogP contribution in [0.4, 0.5) is 11.4 Å². The van der Waals surface area contributed by atoms with Crippen molar-refractivity contribution in [3.05, 3.63) is 82.9 Å². The number of ether oxygens (including phenoxy) is 2. The van der Waals surface area contributed by atoms with E-state index in [1.54, 1.807) is 24.3 Å². The van der Waals surface area contributed by atoms with Crippen molar-refractivity contribution in [1.29, 1.82) is 0 Å². The summed E-state index contributed by atoms with van der Waals surface area (Å²) in [6.45, 7) is 7.91. The Morgan fingerprint density at radius 3 is 2.29 bits per heavy atom. The number of anilines is 2. The quantitative estimate of drug-likeness (QED) is 0.193. The molecule has 1 saturated heterocycles. The Bertz CT molecular complexity index is 1380. The molecule has 0 radical (unpaired) electrons. The summed E-state index contributed by atoms with van der Waals surface area (Å²) in [5.41, 5.74) is 2.64. The minimum Gasteiger partial charge on any atom is -0.494 e. The fourth-order valence-electron chi connectivity index (χ4n) is 4.49. The maximum Gasteiger partial charge on any atom is 0.257 e. The lowest BCUT2D eigenvalue weighted by molar-refractivity contribution is 0.0746. The standard InChI is InChI=1S/C32H37ClN4O4S/c1-3-5-20-41-27-8-6-7-24(21-27)30(38)35-32(42)34-25-11-14-29(28(33)22-25)36-15-17-37(18-16-36)31(39)23-9-12-26(13-10-23)40-19-4-2/h6-14,21-22H,3-5,15-20H2,1-2H3,(H2,34,35,38,42). The highest BCUT2D eigenvalue weighted by Gasteiger charge is 2.23. The molecule has 0 spiro atoms. The lowest BCUT2D eigenvalue weighted by Crippen LogP contribution is -2.48. The Hall–Kier alpha value is -3.82. The third-order valence-electron chi connectivity index (χ3n) is 6.78. The summed E-state index contributed by atoms with van der Waals surface area (Å²) in [7, 11) is 0. The Balaban J connectivity index is 1.27. The van der Waals surface area contributed by atoms with Gasteiger partial charge in [-0.25, -0.2) is 0 Å². The van der Waals surface area contributed by atoms with Crippen LogP contribution >= 0.6 is 23.8 Å². The average molecular weight is 609 g/mol. The number of carbonyl (C=O) groups is 2. The second-order valence-corrected chi connectivity index (χ2v) is 10.8. The molecule has 1 aliphatic rings. The van der Waals surface area contributed by atoms with E-state index in [9.17, 15) is 9.59 Å². The first-order valence-electron chi connectivity index (χ1n) is 14.3. The highest BCUT2D eigenvalue weighted by Crippen LogP contribution is 2.30. The van der Waals surface area contributed by atoms with Crippen LogP contribution in [0.25, 0.3) is 0 Å². The number of nitrogens with one attached hydrogen (secondary N) is 2. The summed E-state index contributed by atoms with van der Waals surface area (Å²) in [6.07, 6.45) is 2.92. The first kappa shape index (κ1) is 31.1. The number of benzene rings is 3. The van der Waals surface area contributed by atoms with Gasteiger partial charge in [0.05, 0.1) is 23.9 Å². The topological polar surface area (TPSA) is 83.1 Å². The molecule has 1 fully saturated rings. The molecule has 0 atom stereocenters. The predicted molar refractivity (Wildman–Crippen MR) is 172 cm³/mol. The van der Waals surface area contributed by atoms with Gasteiger partial charge in [0.1, 0.15) is 11.5 Å². The largest absolute Gasteiger partial charge is 0.494 e. The van der Waals surface area contributed by atoms with Crippen LogP contribution in [0.15, 0.2) is 66.7 Å². The van der Waals surface area contributed by atoms with Crippen molar-refractivity contribution in [2.75, 3.05) is 49.6 Å². The number of halogens is 1. The van der Waals surface area contributed by atoms with Crippen LogP contribution in [0.2, 0.25) is 5.02 Å². The van der Waals surface area contributed by atoms with E-state index in [-0.39, 0.29) is 16.9 Å². The summed E-state index contributed by atoms with van der Waals surface area (Å²) < 4.78 is 11.3. The molecule has 10 heteroatoms. The van der Waals surface area contributed by atoms with E-state index in [0.29, 0.717) is 67.0 Å². The zero-order valence-electron chi connectivity index (χ0n) is 24.0. The number of unbranched alkanes of at least 4 members (excludes halogenated alkanes) is 1. The summed E-state index contributed by atoms with van der Waals surface area (Å²) in [5, 5.41) is 6.45. The van der Waals surface area contributed by atoms with Gasteiger partial charge in [-0.15, -0.1) is 0 Å². The maximum absolute atomic E-state index is 13.0. The smallest absolute Gasteiger partial charge is 0.257 e. The van der Waals surface area contributed by atoms with Crippen LogP contribution in [-0.2, 0) is 0 Å². The van der Waals surface area contributed by atoms with Crippen molar-refractivity contribution in [2.45, 2.75) is 33.1 Å². The average Bonchev–Trinajstić information content (AvgIpc) is 3.00. The van der Waals surface area contributed by atoms with Gasteiger partial charge in [0.2, 0.25) is 0 Å². The second kappa shape index (κ2) is 15.4. The SMILES string of the molecule is CCCCOc1cccc(C(=O)NC(=S)Nc2ccc(N3CCN(C(=O)c4ccc(OCCC)cc4)CC3)c(Cl)c2)c1. The molecule has 8 nitrogen and oxygen atoms in total. The molecule has 0 unspecified atom stereocenters. The zero-order chi connectivity index (χ0) is 29.9. The zero-order valence-corrected chi connectivity index (χ0v) is 25.6. The van der Waals surface area contributed by atoms with Gasteiger partial charge in [-0.1, -0.05) is 37.9 Å². The molecule has 2 amide bonds. The van der Waals surface area contributed by atoms with Gasteiger partial charge in [0.15, 0.2) is 5.11 Å². The van der Waals surface area contributed by atoms with E-state index in [0.717, 1.165) is 30.7 Å². The minimum atomic E-state index is -0.329. The molecule has 222 valence electrons. The Morgan fingerprint density at radius 2 is 1.60 bits per heavy atom. The summed E-state index contributed by atoms with van der Waals surface area (Å²) in [4.78, 5) is 29.7. The first-order valence-corrected chi connectivity index (χ1v) is 15.1. The molecule has 42 heavy (non-hydrogen) atoms. The molecule has 2 N–H and O–H groups in total. The third-order valence-corrected chi connectivity index (χ3v) is 7.28. The Labute approximate surface area is 257 Å². The molecule has 3 aromatic carbocycles. The molecular weight excluding hydrogens is 572 g/mol. The van der Waals surface area contributed by atoms with E-state index in [1.165, 1.54) is 0 Å². The molecule has 1 heterocycles. The normalized spacial score (nSPS) is 12.9. The summed E-state index contributed by atoms with van der Waals surface area (Å²) >= 11 is 12.0. The van der Waals surface area contributed by atoms with Crippen LogP contribution in [0.3, 0.4) is 0 Å². The summed E-state index contributed by atoms with van der Waals surface area (Å²) in [6, 6.07) is 19.9. The van der Waals surface area contributed by atoms with E-state index in [2.05, 4.69) is 29.4 Å². The number of amides is 2. The van der Waals surface area contributed by atoms with Crippen molar-refractivity contribution < 1.29 is 19.1 Å². The number of carbonyl (C=O) groups excluding carboxylic acids is 2. The first-order chi connectivity index (χ1) is 20.4. The maximum atomic E-state index is 13.0. The molecule has 0 aromatic heterocycles. The van der Waals surface area contributed by atoms with Gasteiger partial charge in [0.25, 0.3) is 11.8 Å². The van der Waals surface area contributed by atoms with Crippen molar-refractivity contribution in [3.8, 4) is 11.5 Å². The number of piperazine rings is 1. The van der Waals surface area contributed by atoms with Crippen LogP contribution in [-0.4, -0.2) is 61.2 Å². The van der Waals surface area contributed by atoms with E-state index in [4.69, 9.17) is 33.3 Å². The van der Waals surface area contributed by atoms with Crippen LogP contribution < -0.4 is 25.0 Å². The Kier molecular flexibility index (Phi) is 11.4. The lowest BCUT2D eigenvalue weighted by atomic mass is 10.1. The predicted octanol–water partition coefficient (Wildman–Crippen LogP) is 6.40. The molecule has 3 aromatic rings. The molecule has 0 aliphatic carbocycles. The molecule has 1 aliphatic heterocycles. The van der Waals surface area contributed by atoms with Crippen LogP contribution in [0.5, 0.6) is 11.5 Å². The fourth-order valence-corrected chi connectivity index (χ4v) is 5.00. The minimum absolute atomic E-state index is 0.00800. The van der Waals surface area contributed by atoms with Crippen LogP contribution in [0.1, 0.15) is 53.8 Å². The highest BCUT2D eigenvalue weighted by atomic mass is 35.5. The second-order valence-electron chi connectivity index (χ2n) is 9.96. The molecule has 0 saturated carbocycles. The molecular formula is C32H37ClN4O4S. The number of thiocarbonyl (C=S) groups is 1. The number of nitrogens with zero attached hydrogens (tertiary/aromatic N) is 2. The van der Waals surface area contributed by atoms with Crippen LogP contribution in [0, 0.1) is 0 Å². The third kappa shape index (κ3) is 8.59. The van der Waals surface area contributed by atoms with Crippen molar-refractivity contribution >= 4 is 52.1 Å². The van der Waals surface area contributed by atoms with Gasteiger partial charge >= 0.3 is 0 Å². The highest BCUT2D eigenvalue weighted by molar-refractivity contribution is 7.80. The number of hydrogen-bond donors (Lipinski definition) is 2. The van der Waals surface area contributed by atoms with Gasteiger partial charge in [-0.2, -0.15) is 0 Å². The number of hydrogen-bond acceptors (Lipinski definition) is 6. The van der Waals surface area contributed by atoms with Crippen molar-refractivity contribution in [1.82, 2.24) is 10.2 Å². The molecule has 0 bridgehead atoms. The van der Waals surface area contributed by atoms with Gasteiger partial charge in [-0.05, 0) is 85.7 Å². The van der Waals surface area contributed by atoms with Gasteiger partial charge < -0.3 is 24.6 Å². The van der Waals surface area contributed by atoms with E-state index < -0.39 is 0 Å². The summed E-state index contributed by atoms with van der Waals surface area (Å²) in [5.74, 6) is 1.10. The fraction of sp³-hybridized carbons (Fsp3) is 0.344.